The van der Waals surface area contributed by atoms with Crippen molar-refractivity contribution in [3.63, 3.8) is 0 Å². The monoisotopic (exact) mass is 360 g/mol. The van der Waals surface area contributed by atoms with Crippen LogP contribution in [-0.4, -0.2) is 30.7 Å². The molecule has 0 bridgehead atoms. The van der Waals surface area contributed by atoms with Crippen LogP contribution in [0.2, 0.25) is 0 Å². The van der Waals surface area contributed by atoms with E-state index in [0.29, 0.717) is 12.2 Å². The average Bonchev–Trinajstić information content (AvgIpc) is 3.12. The van der Waals surface area contributed by atoms with Crippen molar-refractivity contribution in [2.45, 2.75) is 25.6 Å². The largest absolute Gasteiger partial charge is 0.417 e. The minimum Gasteiger partial charge on any atom is -0.368 e. The van der Waals surface area contributed by atoms with Gasteiger partial charge in [-0.15, -0.1) is 0 Å². The molecule has 4 nitrogen and oxygen atoms in total. The number of alkyl halides is 3. The number of aromatic nitrogens is 1. The Bertz CT molecular complexity index is 799. The van der Waals surface area contributed by atoms with Gasteiger partial charge in [0.05, 0.1) is 29.1 Å². The smallest absolute Gasteiger partial charge is 0.368 e. The van der Waals surface area contributed by atoms with Crippen molar-refractivity contribution < 1.29 is 13.2 Å². The maximum absolute atomic E-state index is 13.3. The molecule has 1 fully saturated rings. The van der Waals surface area contributed by atoms with Gasteiger partial charge in [0.2, 0.25) is 0 Å². The molecule has 3 rings (SSSR count). The van der Waals surface area contributed by atoms with Gasteiger partial charge in [0.15, 0.2) is 0 Å². The van der Waals surface area contributed by atoms with Gasteiger partial charge in [0.25, 0.3) is 0 Å². The van der Waals surface area contributed by atoms with Crippen molar-refractivity contribution >= 4 is 11.4 Å². The second-order valence-electron chi connectivity index (χ2n) is 6.23. The molecular weight excluding hydrogens is 341 g/mol. The fraction of sp³-hybridized carbons (Fsp3) is 0.368. The number of likely N-dealkylation sites (N-methyl/N-ethyl adjacent to an activating group) is 1. The van der Waals surface area contributed by atoms with Crippen molar-refractivity contribution in [1.82, 2.24) is 4.98 Å². The minimum atomic E-state index is -4.54. The number of halogens is 3. The maximum Gasteiger partial charge on any atom is 0.417 e. The lowest BCUT2D eigenvalue weighted by atomic mass is 10.1. The highest BCUT2D eigenvalue weighted by Gasteiger charge is 2.35. The van der Waals surface area contributed by atoms with Crippen LogP contribution in [0.5, 0.6) is 0 Å². The summed E-state index contributed by atoms with van der Waals surface area (Å²) in [5, 5.41) is 8.96. The van der Waals surface area contributed by atoms with Crippen LogP contribution in [-0.2, 0) is 6.18 Å². The first-order valence-corrected chi connectivity index (χ1v) is 8.47. The number of rotatable bonds is 4. The van der Waals surface area contributed by atoms with Gasteiger partial charge in [0, 0.05) is 37.6 Å². The number of hydrogen-bond donors (Lipinski definition) is 0. The van der Waals surface area contributed by atoms with Crippen LogP contribution < -0.4 is 9.80 Å². The molecule has 0 N–H and O–H groups in total. The molecule has 0 saturated carbocycles. The molecule has 7 heteroatoms. The standard InChI is InChI=1S/C19H19F3N4/c1-2-26(15-6-5-14(11-23)18(10-15)19(20,21)22)17-7-9-25(13-17)16-4-3-8-24-12-16/h3-6,8,10,12,17H,2,7,9,13H2,1H3. The number of benzene rings is 1. The van der Waals surface area contributed by atoms with E-state index in [2.05, 4.69) is 9.88 Å². The van der Waals surface area contributed by atoms with Crippen molar-refractivity contribution in [2.75, 3.05) is 29.4 Å². The number of anilines is 2. The van der Waals surface area contributed by atoms with Gasteiger partial charge in [-0.25, -0.2) is 0 Å². The van der Waals surface area contributed by atoms with E-state index < -0.39 is 11.7 Å². The minimum absolute atomic E-state index is 0.106. The van der Waals surface area contributed by atoms with Crippen LogP contribution in [0.25, 0.3) is 0 Å². The molecule has 1 aromatic carbocycles. The molecule has 1 saturated heterocycles. The summed E-state index contributed by atoms with van der Waals surface area (Å²) in [6.45, 7) is 4.07. The summed E-state index contributed by atoms with van der Waals surface area (Å²) in [5.41, 5.74) is 0.289. The molecule has 1 aliphatic heterocycles. The Morgan fingerprint density at radius 1 is 1.35 bits per heavy atom. The summed E-state index contributed by atoms with van der Waals surface area (Å²) in [4.78, 5) is 8.29. The van der Waals surface area contributed by atoms with Crippen molar-refractivity contribution in [3.8, 4) is 6.07 Å². The van der Waals surface area contributed by atoms with Crippen LogP contribution in [0.3, 0.4) is 0 Å². The van der Waals surface area contributed by atoms with Gasteiger partial charge in [0.1, 0.15) is 0 Å². The van der Waals surface area contributed by atoms with Crippen LogP contribution in [0, 0.1) is 11.3 Å². The number of hydrogen-bond acceptors (Lipinski definition) is 4. The third kappa shape index (κ3) is 3.59. The predicted molar refractivity (Wildman–Crippen MR) is 94.0 cm³/mol. The highest BCUT2D eigenvalue weighted by atomic mass is 19.4. The second-order valence-corrected chi connectivity index (χ2v) is 6.23. The van der Waals surface area contributed by atoms with E-state index >= 15 is 0 Å². The molecular formula is C19H19F3N4. The summed E-state index contributed by atoms with van der Waals surface area (Å²) < 4.78 is 39.8. The molecule has 2 heterocycles. The van der Waals surface area contributed by atoms with Gasteiger partial charge in [-0.2, -0.15) is 18.4 Å². The van der Waals surface area contributed by atoms with E-state index in [1.807, 2.05) is 24.0 Å². The molecule has 1 aromatic heterocycles. The van der Waals surface area contributed by atoms with Crippen LogP contribution in [0.1, 0.15) is 24.5 Å². The Morgan fingerprint density at radius 2 is 2.15 bits per heavy atom. The van der Waals surface area contributed by atoms with Crippen molar-refractivity contribution in [1.29, 1.82) is 5.26 Å². The molecule has 26 heavy (non-hydrogen) atoms. The Hall–Kier alpha value is -2.75. The summed E-state index contributed by atoms with van der Waals surface area (Å²) >= 11 is 0. The Kier molecular flexibility index (Phi) is 5.03. The van der Waals surface area contributed by atoms with E-state index in [1.54, 1.807) is 24.5 Å². The lowest BCUT2D eigenvalue weighted by Gasteiger charge is -2.31. The van der Waals surface area contributed by atoms with Crippen LogP contribution in [0.4, 0.5) is 24.5 Å². The van der Waals surface area contributed by atoms with E-state index in [9.17, 15) is 13.2 Å². The molecule has 0 amide bonds. The second kappa shape index (κ2) is 7.24. The SMILES string of the molecule is CCN(c1ccc(C#N)c(C(F)(F)F)c1)C1CCN(c2cccnc2)C1. The Labute approximate surface area is 150 Å². The zero-order valence-electron chi connectivity index (χ0n) is 14.4. The lowest BCUT2D eigenvalue weighted by Crippen LogP contribution is -2.37. The van der Waals surface area contributed by atoms with Crippen LogP contribution in [0.15, 0.2) is 42.7 Å². The Balaban J connectivity index is 1.85. The number of nitriles is 1. The highest BCUT2D eigenvalue weighted by Crippen LogP contribution is 2.35. The van der Waals surface area contributed by atoms with Gasteiger partial charge >= 0.3 is 6.18 Å². The highest BCUT2D eigenvalue weighted by molar-refractivity contribution is 5.56. The summed E-state index contributed by atoms with van der Waals surface area (Å²) in [6, 6.07) is 9.54. The fourth-order valence-electron chi connectivity index (χ4n) is 3.47. The maximum atomic E-state index is 13.3. The van der Waals surface area contributed by atoms with E-state index in [0.717, 1.165) is 31.3 Å². The first-order chi connectivity index (χ1) is 12.4. The topological polar surface area (TPSA) is 43.2 Å². The number of pyridine rings is 1. The van der Waals surface area contributed by atoms with Crippen molar-refractivity contribution in [2.24, 2.45) is 0 Å². The fourth-order valence-corrected chi connectivity index (χ4v) is 3.47. The average molecular weight is 360 g/mol. The van der Waals surface area contributed by atoms with Crippen LogP contribution >= 0.6 is 0 Å². The first-order valence-electron chi connectivity index (χ1n) is 8.47. The molecule has 0 radical (unpaired) electrons. The number of nitrogens with zero attached hydrogens (tertiary/aromatic N) is 4. The van der Waals surface area contributed by atoms with E-state index in [1.165, 1.54) is 6.07 Å². The molecule has 0 aliphatic carbocycles. The van der Waals surface area contributed by atoms with Gasteiger partial charge in [-0.05, 0) is 43.7 Å². The molecule has 2 aromatic rings. The molecule has 1 aliphatic rings. The molecule has 1 atom stereocenters. The molecule has 1 unspecified atom stereocenters. The van der Waals surface area contributed by atoms with Gasteiger partial charge < -0.3 is 9.80 Å². The zero-order valence-corrected chi connectivity index (χ0v) is 14.4. The Morgan fingerprint density at radius 3 is 2.77 bits per heavy atom. The normalized spacial score (nSPS) is 17.2. The quantitative estimate of drug-likeness (QED) is 0.824. The van der Waals surface area contributed by atoms with E-state index in [4.69, 9.17) is 5.26 Å². The predicted octanol–water partition coefficient (Wildman–Crippen LogP) is 4.08. The summed E-state index contributed by atoms with van der Waals surface area (Å²) in [5.74, 6) is 0. The van der Waals surface area contributed by atoms with Gasteiger partial charge in [-0.1, -0.05) is 0 Å². The van der Waals surface area contributed by atoms with Crippen molar-refractivity contribution in [3.05, 3.63) is 53.9 Å². The zero-order chi connectivity index (χ0) is 18.7. The lowest BCUT2D eigenvalue weighted by molar-refractivity contribution is -0.137. The molecule has 0 spiro atoms. The third-order valence-electron chi connectivity index (χ3n) is 4.72. The summed E-state index contributed by atoms with van der Waals surface area (Å²) in [6.07, 6.45) is -0.186. The summed E-state index contributed by atoms with van der Waals surface area (Å²) in [7, 11) is 0. The van der Waals surface area contributed by atoms with Gasteiger partial charge in [-0.3, -0.25) is 4.98 Å². The third-order valence-corrected chi connectivity index (χ3v) is 4.72. The molecule has 136 valence electrons. The van der Waals surface area contributed by atoms with E-state index in [-0.39, 0.29) is 11.6 Å². The first kappa shape index (κ1) is 18.1.